The number of benzene rings is 4. The van der Waals surface area contributed by atoms with Crippen molar-refractivity contribution in [2.45, 2.75) is 69.0 Å². The molecule has 5 rings (SSSR count). The molecule has 46 heavy (non-hydrogen) atoms. The number of hydrogen-bond donors (Lipinski definition) is 1. The maximum atomic E-state index is 15.1. The molecule has 0 heterocycles. The minimum Gasteiger partial charge on any atom is -0.352 e. The number of para-hydroxylation sites is 1. The number of anilines is 1. The van der Waals surface area contributed by atoms with Crippen molar-refractivity contribution < 1.29 is 22.4 Å². The molecule has 1 atom stereocenters. The van der Waals surface area contributed by atoms with Gasteiger partial charge in [0.1, 0.15) is 18.4 Å². The number of amides is 2. The predicted octanol–water partition coefficient (Wildman–Crippen LogP) is 6.42. The first-order valence-electron chi connectivity index (χ1n) is 15.7. The number of carbonyl (C=O) groups excluding carboxylic acids is 2. The number of sulfonamides is 1. The van der Waals surface area contributed by atoms with E-state index in [2.05, 4.69) is 5.32 Å². The Morgan fingerprint density at radius 3 is 2.11 bits per heavy atom. The summed E-state index contributed by atoms with van der Waals surface area (Å²) in [5, 5.41) is 3.17. The molecule has 1 N–H and O–H groups in total. The van der Waals surface area contributed by atoms with E-state index in [1.807, 2.05) is 30.3 Å². The lowest BCUT2D eigenvalue weighted by Crippen LogP contribution is -2.55. The monoisotopic (exact) mass is 641 g/mol. The van der Waals surface area contributed by atoms with Crippen molar-refractivity contribution in [2.75, 3.05) is 10.8 Å². The topological polar surface area (TPSA) is 86.8 Å². The summed E-state index contributed by atoms with van der Waals surface area (Å²) in [4.78, 5) is 30.1. The molecular formula is C37H40FN3O4S. The molecule has 2 amide bonds. The minimum absolute atomic E-state index is 0.0214. The Bertz CT molecular complexity index is 1730. The van der Waals surface area contributed by atoms with Gasteiger partial charge in [0, 0.05) is 24.6 Å². The lowest BCUT2D eigenvalue weighted by molar-refractivity contribution is -0.140. The third kappa shape index (κ3) is 8.01. The number of nitrogens with one attached hydrogen (secondary N) is 1. The van der Waals surface area contributed by atoms with Crippen LogP contribution in [-0.4, -0.2) is 43.8 Å². The number of nitrogens with zero attached hydrogens (tertiary/aromatic N) is 2. The highest BCUT2D eigenvalue weighted by molar-refractivity contribution is 7.92. The molecule has 1 fully saturated rings. The van der Waals surface area contributed by atoms with E-state index in [1.165, 1.54) is 23.1 Å². The van der Waals surface area contributed by atoms with Gasteiger partial charge in [0.2, 0.25) is 11.8 Å². The molecular weight excluding hydrogens is 601 g/mol. The van der Waals surface area contributed by atoms with Crippen molar-refractivity contribution in [1.82, 2.24) is 10.2 Å². The van der Waals surface area contributed by atoms with Crippen LogP contribution in [0.3, 0.4) is 0 Å². The molecule has 1 saturated carbocycles. The fourth-order valence-corrected chi connectivity index (χ4v) is 7.48. The van der Waals surface area contributed by atoms with Gasteiger partial charge in [-0.2, -0.15) is 0 Å². The van der Waals surface area contributed by atoms with Gasteiger partial charge in [-0.1, -0.05) is 104 Å². The zero-order chi connectivity index (χ0) is 32.5. The van der Waals surface area contributed by atoms with Crippen molar-refractivity contribution in [1.29, 1.82) is 0 Å². The van der Waals surface area contributed by atoms with Crippen molar-refractivity contribution >= 4 is 27.5 Å². The van der Waals surface area contributed by atoms with Crippen molar-refractivity contribution in [3.63, 3.8) is 0 Å². The Morgan fingerprint density at radius 2 is 1.43 bits per heavy atom. The van der Waals surface area contributed by atoms with Crippen LogP contribution in [-0.2, 0) is 32.6 Å². The summed E-state index contributed by atoms with van der Waals surface area (Å²) in [6.45, 7) is 0.979. The zero-order valence-corrected chi connectivity index (χ0v) is 26.8. The number of halogens is 1. The molecule has 0 spiro atoms. The average molecular weight is 642 g/mol. The number of carbonyl (C=O) groups is 2. The molecule has 4 aromatic rings. The summed E-state index contributed by atoms with van der Waals surface area (Å²) >= 11 is 0. The van der Waals surface area contributed by atoms with Crippen LogP contribution in [0.5, 0.6) is 0 Å². The first kappa shape index (κ1) is 32.9. The fourth-order valence-electron chi connectivity index (χ4n) is 5.98. The van der Waals surface area contributed by atoms with Crippen LogP contribution in [0.1, 0.15) is 48.8 Å². The van der Waals surface area contributed by atoms with Gasteiger partial charge < -0.3 is 10.2 Å². The van der Waals surface area contributed by atoms with Crippen LogP contribution in [0.2, 0.25) is 0 Å². The minimum atomic E-state index is -4.20. The van der Waals surface area contributed by atoms with E-state index in [0.717, 1.165) is 42.0 Å². The van der Waals surface area contributed by atoms with Gasteiger partial charge in [-0.25, -0.2) is 12.8 Å². The molecule has 0 aliphatic heterocycles. The van der Waals surface area contributed by atoms with Crippen molar-refractivity contribution in [3.8, 4) is 0 Å². The van der Waals surface area contributed by atoms with Gasteiger partial charge in [0.25, 0.3) is 10.0 Å². The van der Waals surface area contributed by atoms with Gasteiger partial charge in [-0.05, 0) is 55.2 Å². The van der Waals surface area contributed by atoms with Gasteiger partial charge in [0.05, 0.1) is 10.6 Å². The van der Waals surface area contributed by atoms with E-state index in [-0.39, 0.29) is 35.4 Å². The maximum absolute atomic E-state index is 15.1. The van der Waals surface area contributed by atoms with Crippen LogP contribution in [0.15, 0.2) is 114 Å². The summed E-state index contributed by atoms with van der Waals surface area (Å²) in [5.41, 5.74) is 2.06. The molecule has 9 heteroatoms. The van der Waals surface area contributed by atoms with E-state index in [0.29, 0.717) is 11.3 Å². The SMILES string of the molecule is Cc1ccccc1N(CC(=O)N(Cc1ccccc1F)[C@@H](Cc1ccccc1)C(=O)NC1CCCCC1)S(=O)(=O)c1ccccc1. The summed E-state index contributed by atoms with van der Waals surface area (Å²) < 4.78 is 44.5. The predicted molar refractivity (Wildman–Crippen MR) is 178 cm³/mol. The third-order valence-electron chi connectivity index (χ3n) is 8.52. The van der Waals surface area contributed by atoms with Gasteiger partial charge in [-0.3, -0.25) is 13.9 Å². The number of aryl methyl sites for hydroxylation is 1. The molecule has 1 aliphatic carbocycles. The first-order chi connectivity index (χ1) is 22.2. The maximum Gasteiger partial charge on any atom is 0.264 e. The van der Waals surface area contributed by atoms with E-state index >= 15 is 4.39 Å². The Balaban J connectivity index is 1.57. The zero-order valence-electron chi connectivity index (χ0n) is 26.0. The number of hydrogen-bond acceptors (Lipinski definition) is 4. The van der Waals surface area contributed by atoms with Crippen LogP contribution in [0.4, 0.5) is 10.1 Å². The molecule has 7 nitrogen and oxygen atoms in total. The average Bonchev–Trinajstić information content (AvgIpc) is 3.07. The lowest BCUT2D eigenvalue weighted by Gasteiger charge is -2.35. The smallest absolute Gasteiger partial charge is 0.264 e. The Labute approximate surface area is 271 Å². The van der Waals surface area contributed by atoms with E-state index in [1.54, 1.807) is 67.6 Å². The van der Waals surface area contributed by atoms with Crippen molar-refractivity contribution in [2.24, 2.45) is 0 Å². The summed E-state index contributed by atoms with van der Waals surface area (Å²) in [5.74, 6) is -1.47. The van der Waals surface area contributed by atoms with Gasteiger partial charge >= 0.3 is 0 Å². The van der Waals surface area contributed by atoms with Crippen LogP contribution >= 0.6 is 0 Å². The fraction of sp³-hybridized carbons (Fsp3) is 0.297. The summed E-state index contributed by atoms with van der Waals surface area (Å²) in [6, 6.07) is 29.3. The second-order valence-corrected chi connectivity index (χ2v) is 13.6. The Morgan fingerprint density at radius 1 is 0.826 bits per heavy atom. The molecule has 240 valence electrons. The quantitative estimate of drug-likeness (QED) is 0.194. The third-order valence-corrected chi connectivity index (χ3v) is 10.3. The molecule has 1 aliphatic rings. The highest BCUT2D eigenvalue weighted by Crippen LogP contribution is 2.28. The molecule has 0 saturated heterocycles. The van der Waals surface area contributed by atoms with E-state index in [4.69, 9.17) is 0 Å². The lowest BCUT2D eigenvalue weighted by atomic mass is 9.94. The van der Waals surface area contributed by atoms with E-state index in [9.17, 15) is 18.0 Å². The Hall–Kier alpha value is -4.50. The second kappa shape index (κ2) is 15.2. The molecule has 4 aromatic carbocycles. The molecule has 0 radical (unpaired) electrons. The van der Waals surface area contributed by atoms with Crippen LogP contribution in [0.25, 0.3) is 0 Å². The molecule has 0 aromatic heterocycles. The van der Waals surface area contributed by atoms with Crippen LogP contribution < -0.4 is 9.62 Å². The second-order valence-electron chi connectivity index (χ2n) is 11.8. The highest BCUT2D eigenvalue weighted by atomic mass is 32.2. The van der Waals surface area contributed by atoms with E-state index < -0.39 is 34.3 Å². The van der Waals surface area contributed by atoms with Crippen LogP contribution in [0, 0.1) is 12.7 Å². The van der Waals surface area contributed by atoms with Gasteiger partial charge in [-0.15, -0.1) is 0 Å². The highest BCUT2D eigenvalue weighted by Gasteiger charge is 2.36. The summed E-state index contributed by atoms with van der Waals surface area (Å²) in [7, 11) is -4.20. The molecule has 0 bridgehead atoms. The normalized spacial score (nSPS) is 14.3. The summed E-state index contributed by atoms with van der Waals surface area (Å²) in [6.07, 6.45) is 5.00. The first-order valence-corrected chi connectivity index (χ1v) is 17.2. The molecule has 0 unspecified atom stereocenters. The number of rotatable bonds is 12. The van der Waals surface area contributed by atoms with Gasteiger partial charge in [0.15, 0.2) is 0 Å². The Kier molecular flexibility index (Phi) is 10.9. The largest absolute Gasteiger partial charge is 0.352 e. The van der Waals surface area contributed by atoms with Crippen molar-refractivity contribution in [3.05, 3.63) is 132 Å². The standard InChI is InChI=1S/C37H40FN3O4S/c1-28-15-11-14-24-34(28)41(46(44,45)32-21-9-4-10-22-32)27-36(42)40(26-30-18-12-13-23-33(30)38)35(25-29-16-5-2-6-17-29)37(43)39-31-19-7-3-8-20-31/h2,4-6,9-18,21-24,31,35H,3,7-8,19-20,25-27H2,1H3,(H,39,43)/t35-/m0/s1.